The van der Waals surface area contributed by atoms with Gasteiger partial charge < -0.3 is 10.0 Å². The summed E-state index contributed by atoms with van der Waals surface area (Å²) >= 11 is 1.28. The van der Waals surface area contributed by atoms with Crippen LogP contribution in [0.4, 0.5) is 18.9 Å². The first-order valence-corrected chi connectivity index (χ1v) is 11.5. The van der Waals surface area contributed by atoms with Crippen molar-refractivity contribution in [1.29, 1.82) is 0 Å². The van der Waals surface area contributed by atoms with Gasteiger partial charge in [0.05, 0.1) is 22.5 Å². The molecule has 2 aromatic carbocycles. The molecule has 1 saturated carbocycles. The van der Waals surface area contributed by atoms with Gasteiger partial charge >= 0.3 is 6.18 Å². The number of halogens is 3. The Morgan fingerprint density at radius 2 is 1.71 bits per heavy atom. The predicted octanol–water partition coefficient (Wildman–Crippen LogP) is 7.04. The molecule has 0 spiro atoms. The Hall–Kier alpha value is -2.25. The Balaban J connectivity index is 1.40. The van der Waals surface area contributed by atoms with E-state index >= 15 is 0 Å². The Kier molecular flexibility index (Phi) is 7.02. The minimum Gasteiger partial charge on any atom is -0.324 e. The molecule has 1 aliphatic rings. The summed E-state index contributed by atoms with van der Waals surface area (Å²) in [6, 6.07) is 15.1. The molecule has 4 rings (SSSR count). The Morgan fingerprint density at radius 1 is 0.935 bits per heavy atom. The van der Waals surface area contributed by atoms with Gasteiger partial charge in [0.15, 0.2) is 0 Å². The first kappa shape index (κ1) is 22.0. The second-order valence-corrected chi connectivity index (χ2v) is 8.92. The largest absolute Gasteiger partial charge is 0.416 e. The van der Waals surface area contributed by atoms with Gasteiger partial charge in [-0.1, -0.05) is 37.5 Å². The number of alkyl halides is 3. The van der Waals surface area contributed by atoms with E-state index < -0.39 is 11.7 Å². The molecule has 31 heavy (non-hydrogen) atoms. The van der Waals surface area contributed by atoms with Gasteiger partial charge in [-0.3, -0.25) is 0 Å². The molecule has 1 aromatic heterocycles. The summed E-state index contributed by atoms with van der Waals surface area (Å²) < 4.78 is 41.5. The number of rotatable bonds is 7. The number of pyridine rings is 1. The number of nitrogens with zero attached hydrogens (tertiary/aromatic N) is 1. The number of aromatic nitrogens is 1. The lowest BCUT2D eigenvalue weighted by molar-refractivity contribution is -0.137. The van der Waals surface area contributed by atoms with Crippen molar-refractivity contribution in [3.05, 3.63) is 65.9 Å². The second-order valence-electron chi connectivity index (χ2n) is 8.04. The predicted molar refractivity (Wildman–Crippen MR) is 121 cm³/mol. The van der Waals surface area contributed by atoms with Gasteiger partial charge in [0.25, 0.3) is 0 Å². The quantitative estimate of drug-likeness (QED) is 0.382. The summed E-state index contributed by atoms with van der Waals surface area (Å²) in [6.07, 6.45) is 2.35. The topological polar surface area (TPSA) is 37.0 Å². The highest BCUT2D eigenvalue weighted by Gasteiger charge is 2.29. The molecule has 3 nitrogen and oxygen atoms in total. The normalized spacial score (nSPS) is 15.3. The first-order valence-electron chi connectivity index (χ1n) is 10.7. The highest BCUT2D eigenvalue weighted by molar-refractivity contribution is 8.00. The van der Waals surface area contributed by atoms with E-state index in [4.69, 9.17) is 4.98 Å². The summed E-state index contributed by atoms with van der Waals surface area (Å²) in [5.41, 5.74) is 2.04. The van der Waals surface area contributed by atoms with Crippen LogP contribution in [0, 0.1) is 5.92 Å². The van der Waals surface area contributed by atoms with Crippen LogP contribution in [-0.4, -0.2) is 11.5 Å². The van der Waals surface area contributed by atoms with E-state index in [2.05, 4.69) is 16.1 Å². The molecule has 0 unspecified atom stereocenters. The van der Waals surface area contributed by atoms with E-state index in [9.17, 15) is 13.2 Å². The van der Waals surface area contributed by atoms with Crippen LogP contribution in [0.3, 0.4) is 0 Å². The Labute approximate surface area is 185 Å². The minimum atomic E-state index is -4.32. The number of para-hydroxylation sites is 1. The molecule has 0 aliphatic heterocycles. The number of nitrogens with one attached hydrogen (secondary N) is 2. The molecular formula is C24H26F3N3S. The highest BCUT2D eigenvalue weighted by Crippen LogP contribution is 2.32. The van der Waals surface area contributed by atoms with Crippen molar-refractivity contribution in [3.8, 4) is 0 Å². The molecule has 0 amide bonds. The third-order valence-corrected chi connectivity index (χ3v) is 6.53. The van der Waals surface area contributed by atoms with Crippen LogP contribution in [0.2, 0.25) is 0 Å². The summed E-state index contributed by atoms with van der Waals surface area (Å²) in [5.74, 6) is 0.770. The van der Waals surface area contributed by atoms with Crippen molar-refractivity contribution in [2.24, 2.45) is 5.92 Å². The average Bonchev–Trinajstić information content (AvgIpc) is 2.78. The molecule has 2 N–H and O–H groups in total. The van der Waals surface area contributed by atoms with Crippen molar-refractivity contribution in [1.82, 2.24) is 10.3 Å². The molecule has 0 radical (unpaired) electrons. The first-order chi connectivity index (χ1) is 15.0. The van der Waals surface area contributed by atoms with Crippen LogP contribution in [0.15, 0.2) is 59.5 Å². The Morgan fingerprint density at radius 3 is 2.45 bits per heavy atom. The van der Waals surface area contributed by atoms with E-state index in [1.165, 1.54) is 56.2 Å². The second kappa shape index (κ2) is 9.92. The third-order valence-electron chi connectivity index (χ3n) is 5.70. The SMILES string of the molecule is FC(F)(F)c1ccc(SNc2cccc3ccc(CNCC4CCCCC4)nc23)cc1. The van der Waals surface area contributed by atoms with Crippen LogP contribution in [-0.2, 0) is 12.7 Å². The zero-order valence-electron chi connectivity index (χ0n) is 17.2. The maximum atomic E-state index is 12.7. The lowest BCUT2D eigenvalue weighted by atomic mass is 9.89. The Bertz CT molecular complexity index is 999. The minimum absolute atomic E-state index is 0.644. The molecule has 0 bridgehead atoms. The fourth-order valence-corrected chi connectivity index (χ4v) is 4.65. The molecule has 1 aliphatic carbocycles. The van der Waals surface area contributed by atoms with Gasteiger partial charge in [-0.2, -0.15) is 13.2 Å². The van der Waals surface area contributed by atoms with E-state index in [-0.39, 0.29) is 0 Å². The van der Waals surface area contributed by atoms with E-state index in [1.807, 2.05) is 24.3 Å². The van der Waals surface area contributed by atoms with Gasteiger partial charge in [0, 0.05) is 16.8 Å². The molecule has 7 heteroatoms. The van der Waals surface area contributed by atoms with Gasteiger partial charge in [-0.25, -0.2) is 4.98 Å². The van der Waals surface area contributed by atoms with Crippen LogP contribution in [0.1, 0.15) is 43.4 Å². The number of anilines is 1. The van der Waals surface area contributed by atoms with Crippen LogP contribution in [0.5, 0.6) is 0 Å². The van der Waals surface area contributed by atoms with Crippen LogP contribution >= 0.6 is 11.9 Å². The highest BCUT2D eigenvalue weighted by atomic mass is 32.2. The van der Waals surface area contributed by atoms with Crippen LogP contribution < -0.4 is 10.0 Å². The third kappa shape index (κ3) is 5.92. The maximum absolute atomic E-state index is 12.7. The van der Waals surface area contributed by atoms with Crippen molar-refractivity contribution in [2.45, 2.75) is 49.7 Å². The van der Waals surface area contributed by atoms with Crippen molar-refractivity contribution in [2.75, 3.05) is 11.3 Å². The number of benzene rings is 2. The van der Waals surface area contributed by atoms with Gasteiger partial charge in [0.1, 0.15) is 0 Å². The van der Waals surface area contributed by atoms with Crippen molar-refractivity contribution >= 4 is 28.5 Å². The molecule has 1 heterocycles. The average molecular weight is 446 g/mol. The van der Waals surface area contributed by atoms with Gasteiger partial charge in [0.2, 0.25) is 0 Å². The number of hydrogen-bond acceptors (Lipinski definition) is 4. The number of fused-ring (bicyclic) bond motifs is 1. The molecule has 0 saturated heterocycles. The smallest absolute Gasteiger partial charge is 0.324 e. The molecular weight excluding hydrogens is 419 g/mol. The van der Waals surface area contributed by atoms with E-state index in [0.717, 1.165) is 53.4 Å². The molecule has 3 aromatic rings. The maximum Gasteiger partial charge on any atom is 0.416 e. The van der Waals surface area contributed by atoms with Crippen molar-refractivity contribution in [3.63, 3.8) is 0 Å². The monoisotopic (exact) mass is 445 g/mol. The summed E-state index contributed by atoms with van der Waals surface area (Å²) in [5, 5.41) is 4.57. The molecule has 1 fully saturated rings. The van der Waals surface area contributed by atoms with E-state index in [0.29, 0.717) is 4.90 Å². The summed E-state index contributed by atoms with van der Waals surface area (Å²) in [6.45, 7) is 1.76. The number of hydrogen-bond donors (Lipinski definition) is 2. The fourth-order valence-electron chi connectivity index (χ4n) is 3.99. The van der Waals surface area contributed by atoms with Crippen LogP contribution in [0.25, 0.3) is 10.9 Å². The molecule has 164 valence electrons. The zero-order chi connectivity index (χ0) is 21.7. The lowest BCUT2D eigenvalue weighted by Gasteiger charge is -2.21. The summed E-state index contributed by atoms with van der Waals surface area (Å²) in [7, 11) is 0. The summed E-state index contributed by atoms with van der Waals surface area (Å²) in [4.78, 5) is 5.53. The van der Waals surface area contributed by atoms with Crippen molar-refractivity contribution < 1.29 is 13.2 Å². The van der Waals surface area contributed by atoms with Gasteiger partial charge in [-0.15, -0.1) is 0 Å². The zero-order valence-corrected chi connectivity index (χ0v) is 18.0. The standard InChI is InChI=1S/C24H26F3N3S/c25-24(26,27)19-10-13-21(14-11-19)31-30-22-8-4-7-18-9-12-20(29-23(18)22)16-28-15-17-5-2-1-3-6-17/h4,7-14,17,28,30H,1-3,5-6,15-16H2. The lowest BCUT2D eigenvalue weighted by Crippen LogP contribution is -2.24. The van der Waals surface area contributed by atoms with E-state index in [1.54, 1.807) is 0 Å². The van der Waals surface area contributed by atoms with Gasteiger partial charge in [-0.05, 0) is 73.7 Å². The fraction of sp³-hybridized carbons (Fsp3) is 0.375. The molecule has 0 atom stereocenters.